The Morgan fingerprint density at radius 2 is 1.60 bits per heavy atom. The molecule has 0 bridgehead atoms. The maximum atomic E-state index is 4.81. The lowest BCUT2D eigenvalue weighted by molar-refractivity contribution is 0.722. The Balaban J connectivity index is 1.48. The van der Waals surface area contributed by atoms with Crippen molar-refractivity contribution in [3.63, 3.8) is 0 Å². The molecule has 7 rings (SSSR count). The quantitative estimate of drug-likeness (QED) is 0.330. The highest BCUT2D eigenvalue weighted by Gasteiger charge is 2.36. The van der Waals surface area contributed by atoms with Crippen molar-refractivity contribution in [1.82, 2.24) is 4.98 Å². The van der Waals surface area contributed by atoms with Crippen LogP contribution in [0.15, 0.2) is 90.0 Å². The fraction of sp³-hybridized carbons (Fsp3) is 0.0741. The van der Waals surface area contributed by atoms with Crippen LogP contribution in [0.5, 0.6) is 0 Å². The molecule has 0 fully saturated rings. The normalized spacial score (nSPS) is 19.7. The zero-order valence-corrected chi connectivity index (χ0v) is 16.3. The summed E-state index contributed by atoms with van der Waals surface area (Å²) in [5, 5.41) is 13.5. The van der Waals surface area contributed by atoms with Crippen molar-refractivity contribution in [1.29, 1.82) is 0 Å². The number of rotatable bonds is 1. The Hall–Kier alpha value is -3.85. The van der Waals surface area contributed by atoms with Gasteiger partial charge in [0.05, 0.1) is 11.7 Å². The van der Waals surface area contributed by atoms with E-state index in [2.05, 4.69) is 101 Å². The molecule has 1 aliphatic heterocycles. The van der Waals surface area contributed by atoms with Crippen LogP contribution in [0, 0.1) is 0 Å². The summed E-state index contributed by atoms with van der Waals surface area (Å²) >= 11 is 0. The number of hydrazone groups is 1. The van der Waals surface area contributed by atoms with E-state index in [-0.39, 0.29) is 12.0 Å². The van der Waals surface area contributed by atoms with Gasteiger partial charge in [-0.05, 0) is 51.4 Å². The van der Waals surface area contributed by atoms with Crippen LogP contribution < -0.4 is 5.01 Å². The summed E-state index contributed by atoms with van der Waals surface area (Å²) in [6, 6.07) is 28.3. The number of benzene rings is 4. The summed E-state index contributed by atoms with van der Waals surface area (Å²) in [6.07, 6.45) is 6.63. The van der Waals surface area contributed by atoms with Crippen LogP contribution in [0.1, 0.15) is 17.2 Å². The molecule has 30 heavy (non-hydrogen) atoms. The van der Waals surface area contributed by atoms with Gasteiger partial charge < -0.3 is 4.98 Å². The minimum atomic E-state index is 0.203. The number of nitrogens with one attached hydrogen (secondary N) is 1. The highest BCUT2D eigenvalue weighted by atomic mass is 15.5. The lowest BCUT2D eigenvalue weighted by atomic mass is 9.85. The maximum absolute atomic E-state index is 4.81. The van der Waals surface area contributed by atoms with Gasteiger partial charge in [0.1, 0.15) is 0 Å². The Kier molecular flexibility index (Phi) is 3.11. The van der Waals surface area contributed by atoms with Crippen molar-refractivity contribution >= 4 is 50.4 Å². The fourth-order valence-electron chi connectivity index (χ4n) is 5.23. The molecule has 2 atom stereocenters. The third kappa shape index (κ3) is 2.07. The molecule has 4 aromatic carbocycles. The maximum Gasteiger partial charge on any atom is 0.0829 e. The summed E-state index contributed by atoms with van der Waals surface area (Å²) < 4.78 is 0. The van der Waals surface area contributed by atoms with E-state index in [0.717, 1.165) is 5.69 Å². The van der Waals surface area contributed by atoms with Gasteiger partial charge in [-0.1, -0.05) is 66.7 Å². The van der Waals surface area contributed by atoms with Gasteiger partial charge in [0.15, 0.2) is 0 Å². The minimum Gasteiger partial charge on any atom is -0.355 e. The van der Waals surface area contributed by atoms with E-state index in [1.807, 2.05) is 6.07 Å². The monoisotopic (exact) mass is 385 g/mol. The van der Waals surface area contributed by atoms with Crippen LogP contribution in [0.4, 0.5) is 5.69 Å². The smallest absolute Gasteiger partial charge is 0.0829 e. The molecule has 1 aliphatic carbocycles. The predicted molar refractivity (Wildman–Crippen MR) is 126 cm³/mol. The third-order valence-corrected chi connectivity index (χ3v) is 6.57. The van der Waals surface area contributed by atoms with E-state index in [1.165, 1.54) is 43.7 Å². The second-order valence-electron chi connectivity index (χ2n) is 8.14. The molecule has 3 nitrogen and oxygen atoms in total. The van der Waals surface area contributed by atoms with Crippen molar-refractivity contribution in [2.24, 2.45) is 5.10 Å². The molecule has 142 valence electrons. The second kappa shape index (κ2) is 5.83. The Bertz CT molecular complexity index is 1510. The number of anilines is 1. The standard InChI is InChI=1S/C27H19N3/c1-2-7-18(8-3-1)30-25-15-14-24-27(22(25)16-28-30)26-21-11-10-17-6-4-5-9-19(17)20(21)12-13-23(26)29-24/h1-16,22,25,29H. The molecular weight excluding hydrogens is 366 g/mol. The molecule has 0 saturated heterocycles. The van der Waals surface area contributed by atoms with Crippen LogP contribution >= 0.6 is 0 Å². The van der Waals surface area contributed by atoms with Crippen LogP contribution in [0.3, 0.4) is 0 Å². The summed E-state index contributed by atoms with van der Waals surface area (Å²) in [5.41, 5.74) is 4.89. The molecule has 1 N–H and O–H groups in total. The first-order valence-electron chi connectivity index (χ1n) is 10.4. The first-order chi connectivity index (χ1) is 14.9. The first kappa shape index (κ1) is 16.0. The number of hydrogen-bond acceptors (Lipinski definition) is 2. The third-order valence-electron chi connectivity index (χ3n) is 6.57. The van der Waals surface area contributed by atoms with Crippen molar-refractivity contribution in [3.8, 4) is 0 Å². The number of para-hydroxylation sites is 1. The summed E-state index contributed by atoms with van der Waals surface area (Å²) in [7, 11) is 0. The number of aromatic amines is 1. The van der Waals surface area contributed by atoms with Crippen molar-refractivity contribution in [3.05, 3.63) is 96.2 Å². The molecule has 3 heteroatoms. The summed E-state index contributed by atoms with van der Waals surface area (Å²) in [6.45, 7) is 0. The van der Waals surface area contributed by atoms with E-state index in [1.54, 1.807) is 0 Å². The molecule has 0 saturated carbocycles. The number of nitrogens with zero attached hydrogens (tertiary/aromatic N) is 2. The van der Waals surface area contributed by atoms with Gasteiger partial charge in [0.25, 0.3) is 0 Å². The predicted octanol–water partition coefficient (Wildman–Crippen LogP) is 6.46. The number of H-pyrrole nitrogens is 1. The molecule has 2 unspecified atom stereocenters. The van der Waals surface area contributed by atoms with E-state index in [0.29, 0.717) is 0 Å². The van der Waals surface area contributed by atoms with Gasteiger partial charge in [0.2, 0.25) is 0 Å². The lowest BCUT2D eigenvalue weighted by Gasteiger charge is -2.28. The minimum absolute atomic E-state index is 0.203. The topological polar surface area (TPSA) is 31.4 Å². The lowest BCUT2D eigenvalue weighted by Crippen LogP contribution is -2.30. The van der Waals surface area contributed by atoms with Crippen molar-refractivity contribution < 1.29 is 0 Å². The van der Waals surface area contributed by atoms with Gasteiger partial charge >= 0.3 is 0 Å². The SMILES string of the molecule is C1=CC2C(C=NN2c2ccccc2)c2c1[nH]c1ccc3c4ccccc4ccc3c21. The van der Waals surface area contributed by atoms with Crippen molar-refractivity contribution in [2.75, 3.05) is 5.01 Å². The zero-order chi connectivity index (χ0) is 19.7. The molecule has 0 amide bonds. The molecule has 0 spiro atoms. The van der Waals surface area contributed by atoms with Crippen molar-refractivity contribution in [2.45, 2.75) is 12.0 Å². The average molecular weight is 385 g/mol. The Morgan fingerprint density at radius 3 is 2.53 bits per heavy atom. The van der Waals surface area contributed by atoms with Crippen LogP contribution in [-0.4, -0.2) is 17.2 Å². The first-order valence-corrected chi connectivity index (χ1v) is 10.4. The fourth-order valence-corrected chi connectivity index (χ4v) is 5.23. The molecule has 0 radical (unpaired) electrons. The average Bonchev–Trinajstić information content (AvgIpc) is 3.40. The van der Waals surface area contributed by atoms with Crippen LogP contribution in [0.2, 0.25) is 0 Å². The largest absolute Gasteiger partial charge is 0.355 e. The second-order valence-corrected chi connectivity index (χ2v) is 8.14. The van der Waals surface area contributed by atoms with E-state index in [9.17, 15) is 0 Å². The molecule has 1 aromatic heterocycles. The molecule has 2 heterocycles. The molecular formula is C27H19N3. The van der Waals surface area contributed by atoms with Gasteiger partial charge in [-0.15, -0.1) is 0 Å². The highest BCUT2D eigenvalue weighted by molar-refractivity contribution is 6.19. The highest BCUT2D eigenvalue weighted by Crippen LogP contribution is 2.44. The van der Waals surface area contributed by atoms with Gasteiger partial charge in [-0.3, -0.25) is 5.01 Å². The van der Waals surface area contributed by atoms with E-state index >= 15 is 0 Å². The Morgan fingerprint density at radius 1 is 0.767 bits per heavy atom. The molecule has 5 aromatic rings. The van der Waals surface area contributed by atoms with E-state index < -0.39 is 0 Å². The molecule has 2 aliphatic rings. The summed E-state index contributed by atoms with van der Waals surface area (Å²) in [5.74, 6) is 0.232. The zero-order valence-electron chi connectivity index (χ0n) is 16.3. The van der Waals surface area contributed by atoms with E-state index in [4.69, 9.17) is 5.10 Å². The number of hydrogen-bond donors (Lipinski definition) is 1. The van der Waals surface area contributed by atoms with Gasteiger partial charge in [-0.25, -0.2) is 0 Å². The Labute approximate surface area is 173 Å². The number of aromatic nitrogens is 1. The van der Waals surface area contributed by atoms with Crippen LogP contribution in [0.25, 0.3) is 38.5 Å². The number of fused-ring (bicyclic) bond motifs is 9. The van der Waals surface area contributed by atoms with Gasteiger partial charge in [-0.2, -0.15) is 5.10 Å². The van der Waals surface area contributed by atoms with Crippen LogP contribution in [-0.2, 0) is 0 Å². The summed E-state index contributed by atoms with van der Waals surface area (Å²) in [4.78, 5) is 3.66. The van der Waals surface area contributed by atoms with Gasteiger partial charge in [0, 0.05) is 28.7 Å².